The number of ether oxygens (including phenoxy) is 1. The Balaban J connectivity index is 1.40. The molecule has 39 heavy (non-hydrogen) atoms. The second-order valence-electron chi connectivity index (χ2n) is 15.0. The van der Waals surface area contributed by atoms with Gasteiger partial charge in [-0.1, -0.05) is 53.9 Å². The van der Waals surface area contributed by atoms with E-state index < -0.39 is 6.29 Å². The molecular weight excluding hydrogens is 488 g/mol. The summed E-state index contributed by atoms with van der Waals surface area (Å²) in [5, 5.41) is 21.2. The van der Waals surface area contributed by atoms with Crippen LogP contribution >= 0.6 is 0 Å². The monoisotopic (exact) mass is 548 g/mol. The van der Waals surface area contributed by atoms with Crippen LogP contribution in [0.3, 0.4) is 0 Å². The van der Waals surface area contributed by atoms with E-state index in [1.54, 1.807) is 4.90 Å². The van der Waals surface area contributed by atoms with E-state index >= 15 is 0 Å². The molecule has 4 rings (SSSR count). The van der Waals surface area contributed by atoms with Crippen LogP contribution in [0.1, 0.15) is 112 Å². The number of likely N-dealkylation sites (N-methyl/N-ethyl adjacent to an activating group) is 1. The summed E-state index contributed by atoms with van der Waals surface area (Å²) in [5.41, 5.74) is 0.566. The van der Waals surface area contributed by atoms with Crippen LogP contribution in [0.2, 0.25) is 0 Å². The summed E-state index contributed by atoms with van der Waals surface area (Å²) >= 11 is 0. The van der Waals surface area contributed by atoms with Gasteiger partial charge < -0.3 is 20.3 Å². The molecule has 0 aromatic heterocycles. The van der Waals surface area contributed by atoms with Crippen molar-refractivity contribution in [1.29, 1.82) is 0 Å². The van der Waals surface area contributed by atoms with Crippen molar-refractivity contribution in [2.75, 3.05) is 26.7 Å². The lowest BCUT2D eigenvalue weighted by molar-refractivity contribution is -0.165. The van der Waals surface area contributed by atoms with Crippen LogP contribution in [0.4, 0.5) is 4.79 Å². The Morgan fingerprint density at radius 3 is 2.49 bits per heavy atom. The highest BCUT2D eigenvalue weighted by molar-refractivity contribution is 5.67. The van der Waals surface area contributed by atoms with Crippen molar-refractivity contribution < 1.29 is 19.7 Å². The topological polar surface area (TPSA) is 82.0 Å². The third-order valence-electron chi connectivity index (χ3n) is 12.4. The maximum Gasteiger partial charge on any atom is 0.407 e. The lowest BCUT2D eigenvalue weighted by Crippen LogP contribution is -2.58. The summed E-state index contributed by atoms with van der Waals surface area (Å²) in [7, 11) is 1.82. The fourth-order valence-corrected chi connectivity index (χ4v) is 10.4. The zero-order chi connectivity index (χ0) is 28.4. The number of amides is 1. The minimum absolute atomic E-state index is 0.00226. The molecule has 226 valence electrons. The fourth-order valence-electron chi connectivity index (χ4n) is 10.4. The third kappa shape index (κ3) is 6.64. The van der Waals surface area contributed by atoms with Gasteiger partial charge in [0.15, 0.2) is 6.29 Å². The second-order valence-corrected chi connectivity index (χ2v) is 15.0. The number of alkyl carbamates (subject to hydrolysis) is 1. The van der Waals surface area contributed by atoms with Crippen molar-refractivity contribution in [3.8, 4) is 0 Å². The molecule has 0 aliphatic heterocycles. The molecule has 0 saturated heterocycles. The van der Waals surface area contributed by atoms with Crippen LogP contribution in [0.15, 0.2) is 0 Å². The number of hydrogen-bond acceptors (Lipinski definition) is 5. The lowest BCUT2D eigenvalue weighted by atomic mass is 9.44. The normalized spacial score (nSPS) is 38.8. The van der Waals surface area contributed by atoms with E-state index in [0.29, 0.717) is 30.3 Å². The van der Waals surface area contributed by atoms with Crippen LogP contribution < -0.4 is 5.32 Å². The summed E-state index contributed by atoms with van der Waals surface area (Å²) in [6.07, 6.45) is 14.0. The predicted octanol–water partition coefficient (Wildman–Crippen LogP) is 6.45. The van der Waals surface area contributed by atoms with Crippen molar-refractivity contribution in [3.63, 3.8) is 0 Å². The average molecular weight is 549 g/mol. The highest BCUT2D eigenvalue weighted by atomic mass is 16.6. The van der Waals surface area contributed by atoms with E-state index in [1.807, 2.05) is 7.05 Å². The molecule has 0 bridgehead atoms. The molecule has 4 saturated carbocycles. The Labute approximate surface area is 239 Å². The predicted molar refractivity (Wildman–Crippen MR) is 157 cm³/mol. The first-order valence-electron chi connectivity index (χ1n) is 16.5. The third-order valence-corrected chi connectivity index (χ3v) is 12.4. The van der Waals surface area contributed by atoms with Gasteiger partial charge in [-0.15, -0.1) is 0 Å². The van der Waals surface area contributed by atoms with E-state index in [-0.39, 0.29) is 24.2 Å². The van der Waals surface area contributed by atoms with Crippen molar-refractivity contribution >= 4 is 6.09 Å². The Morgan fingerprint density at radius 1 is 1.00 bits per heavy atom. The molecule has 2 unspecified atom stereocenters. The van der Waals surface area contributed by atoms with Crippen molar-refractivity contribution in [2.45, 2.75) is 124 Å². The maximum atomic E-state index is 12.9. The molecule has 1 amide bonds. The summed E-state index contributed by atoms with van der Waals surface area (Å²) in [5.74, 6) is 5.46. The molecule has 6 heteroatoms. The van der Waals surface area contributed by atoms with E-state index in [0.717, 1.165) is 42.4 Å². The van der Waals surface area contributed by atoms with E-state index in [2.05, 4.69) is 39.9 Å². The van der Waals surface area contributed by atoms with Gasteiger partial charge in [0, 0.05) is 25.0 Å². The quantitative estimate of drug-likeness (QED) is 0.259. The summed E-state index contributed by atoms with van der Waals surface area (Å²) in [4.78, 5) is 14.7. The zero-order valence-electron chi connectivity index (χ0n) is 26.0. The number of aliphatic hydroxyl groups is 2. The van der Waals surface area contributed by atoms with Gasteiger partial charge in [0.25, 0.3) is 0 Å². The standard InChI is InChI=1S/C33H60N2O4/c1-22(2)9-7-10-23(3)26-15-16-27-25-14-13-24-11-8-12-29(33(24,5)28(25)17-18-32(26,27)4)39-31(38)34-19-20-35(6)21-30(36)37/h22-30,36-37H,7-21H2,1-6H3,(H,34,38)/t23-,24?,25+,26-,27+,28+,29?,32-,33+/m1/s1. The first-order chi connectivity index (χ1) is 18.5. The molecule has 0 heterocycles. The highest BCUT2D eigenvalue weighted by Crippen LogP contribution is 2.68. The van der Waals surface area contributed by atoms with Gasteiger partial charge in [0.2, 0.25) is 0 Å². The SMILES string of the molecule is CC(C)CCC[C@@H](C)[C@H]1CC[C@H]2[C@@H]3CCC4CCCC(OC(=O)NCCN(C)CC(O)O)[C@]4(C)[C@H]3CC[C@]12C. The Bertz CT molecular complexity index is 805. The molecule has 0 aromatic carbocycles. The number of nitrogens with zero attached hydrogens (tertiary/aromatic N) is 1. The fraction of sp³-hybridized carbons (Fsp3) is 0.970. The largest absolute Gasteiger partial charge is 0.446 e. The maximum absolute atomic E-state index is 12.9. The molecule has 3 N–H and O–H groups in total. The summed E-state index contributed by atoms with van der Waals surface area (Å²) in [6, 6.07) is 0. The van der Waals surface area contributed by atoms with E-state index in [9.17, 15) is 4.79 Å². The van der Waals surface area contributed by atoms with Gasteiger partial charge in [-0.3, -0.25) is 4.90 Å². The molecule has 6 nitrogen and oxygen atoms in total. The Morgan fingerprint density at radius 2 is 1.77 bits per heavy atom. The highest BCUT2D eigenvalue weighted by Gasteiger charge is 2.62. The molecular formula is C33H60N2O4. The molecule has 0 spiro atoms. The molecule has 4 aliphatic rings. The van der Waals surface area contributed by atoms with Gasteiger partial charge in [-0.05, 0) is 112 Å². The Kier molecular flexibility index (Phi) is 10.4. The molecule has 9 atom stereocenters. The smallest absolute Gasteiger partial charge is 0.407 e. The molecule has 0 aromatic rings. The number of carbonyl (C=O) groups excluding carboxylic acids is 1. The minimum atomic E-state index is -1.36. The summed E-state index contributed by atoms with van der Waals surface area (Å²) in [6.45, 7) is 13.6. The second kappa shape index (κ2) is 13.0. The van der Waals surface area contributed by atoms with Crippen LogP contribution in [-0.4, -0.2) is 60.3 Å². The van der Waals surface area contributed by atoms with E-state index in [1.165, 1.54) is 64.2 Å². The molecule has 4 aliphatic carbocycles. The Hall–Kier alpha value is -0.850. The summed E-state index contributed by atoms with van der Waals surface area (Å²) < 4.78 is 6.27. The van der Waals surface area contributed by atoms with Crippen LogP contribution in [-0.2, 0) is 4.74 Å². The number of rotatable bonds is 11. The minimum Gasteiger partial charge on any atom is -0.446 e. The van der Waals surface area contributed by atoms with Crippen LogP contribution in [0.5, 0.6) is 0 Å². The van der Waals surface area contributed by atoms with Crippen molar-refractivity contribution in [1.82, 2.24) is 10.2 Å². The van der Waals surface area contributed by atoms with Gasteiger partial charge >= 0.3 is 6.09 Å². The van der Waals surface area contributed by atoms with E-state index in [4.69, 9.17) is 14.9 Å². The molecule has 4 fully saturated rings. The van der Waals surface area contributed by atoms with Gasteiger partial charge in [0.05, 0.1) is 0 Å². The van der Waals surface area contributed by atoms with Crippen molar-refractivity contribution in [3.05, 3.63) is 0 Å². The number of fused-ring (bicyclic) bond motifs is 5. The first-order valence-corrected chi connectivity index (χ1v) is 16.5. The van der Waals surface area contributed by atoms with Crippen LogP contribution in [0.25, 0.3) is 0 Å². The number of nitrogens with one attached hydrogen (secondary N) is 1. The van der Waals surface area contributed by atoms with Gasteiger partial charge in [-0.2, -0.15) is 0 Å². The molecule has 0 radical (unpaired) electrons. The average Bonchev–Trinajstić information content (AvgIpc) is 3.21. The number of aliphatic hydroxyl groups excluding tert-OH is 1. The first kappa shape index (κ1) is 31.1. The zero-order valence-corrected chi connectivity index (χ0v) is 26.0. The van der Waals surface area contributed by atoms with Crippen LogP contribution in [0, 0.1) is 52.3 Å². The lowest BCUT2D eigenvalue weighted by Gasteiger charge is -2.62. The van der Waals surface area contributed by atoms with Gasteiger partial charge in [0.1, 0.15) is 6.10 Å². The van der Waals surface area contributed by atoms with Crippen molar-refractivity contribution in [2.24, 2.45) is 52.3 Å². The number of hydrogen-bond donors (Lipinski definition) is 3. The number of carbonyl (C=O) groups is 1. The van der Waals surface area contributed by atoms with Gasteiger partial charge in [-0.25, -0.2) is 4.79 Å².